The van der Waals surface area contributed by atoms with Crippen LogP contribution in [0.1, 0.15) is 53.0 Å². The molecule has 0 spiro atoms. The molecule has 1 aliphatic rings. The molecule has 2 heteroatoms. The molecular formula is C16H24O2. The van der Waals surface area contributed by atoms with Gasteiger partial charge < -0.3 is 9.47 Å². The largest absolute Gasteiger partial charge is 0.491 e. The summed E-state index contributed by atoms with van der Waals surface area (Å²) in [4.78, 5) is 0. The third-order valence-electron chi connectivity index (χ3n) is 2.95. The Bertz CT molecular complexity index is 412. The number of benzene rings is 1. The highest BCUT2D eigenvalue weighted by molar-refractivity contribution is 5.44. The third-order valence-corrected chi connectivity index (χ3v) is 2.95. The second-order valence-electron chi connectivity index (χ2n) is 6.39. The molecule has 1 saturated carbocycles. The van der Waals surface area contributed by atoms with Crippen molar-refractivity contribution in [1.82, 2.24) is 0 Å². The van der Waals surface area contributed by atoms with Gasteiger partial charge in [-0.15, -0.1) is 0 Å². The van der Waals surface area contributed by atoms with E-state index in [0.717, 1.165) is 11.5 Å². The summed E-state index contributed by atoms with van der Waals surface area (Å²) in [5, 5.41) is 0. The zero-order chi connectivity index (χ0) is 13.3. The molecule has 100 valence electrons. The van der Waals surface area contributed by atoms with E-state index in [4.69, 9.17) is 9.47 Å². The minimum Gasteiger partial charge on any atom is -0.491 e. The van der Waals surface area contributed by atoms with Gasteiger partial charge in [0.2, 0.25) is 0 Å². The van der Waals surface area contributed by atoms with Gasteiger partial charge in [0.25, 0.3) is 0 Å². The maximum absolute atomic E-state index is 5.99. The average Bonchev–Trinajstić information content (AvgIpc) is 3.02. The lowest BCUT2D eigenvalue weighted by Gasteiger charge is -2.24. The summed E-state index contributed by atoms with van der Waals surface area (Å²) in [6.07, 6.45) is 3.01. The van der Waals surface area contributed by atoms with Crippen LogP contribution in [-0.2, 0) is 5.41 Å². The lowest BCUT2D eigenvalue weighted by atomic mass is 9.86. The van der Waals surface area contributed by atoms with Crippen LogP contribution in [0.2, 0.25) is 0 Å². The Morgan fingerprint density at radius 2 is 1.83 bits per heavy atom. The Kier molecular flexibility index (Phi) is 3.56. The zero-order valence-corrected chi connectivity index (χ0v) is 12.1. The van der Waals surface area contributed by atoms with Crippen molar-refractivity contribution in [2.45, 2.75) is 65.1 Å². The third kappa shape index (κ3) is 3.41. The van der Waals surface area contributed by atoms with E-state index in [0.29, 0.717) is 6.10 Å². The van der Waals surface area contributed by atoms with E-state index in [1.54, 1.807) is 0 Å². The van der Waals surface area contributed by atoms with Crippen molar-refractivity contribution in [2.75, 3.05) is 0 Å². The Balaban J connectivity index is 2.28. The van der Waals surface area contributed by atoms with Gasteiger partial charge in [-0.2, -0.15) is 0 Å². The molecule has 1 aromatic rings. The predicted octanol–water partition coefficient (Wildman–Crippen LogP) is 4.31. The molecule has 2 nitrogen and oxygen atoms in total. The van der Waals surface area contributed by atoms with Crippen molar-refractivity contribution < 1.29 is 9.47 Å². The molecule has 0 radical (unpaired) electrons. The summed E-state index contributed by atoms with van der Waals surface area (Å²) in [7, 11) is 0. The fraction of sp³-hybridized carbons (Fsp3) is 0.625. The first-order valence-corrected chi connectivity index (χ1v) is 6.84. The van der Waals surface area contributed by atoms with Crippen molar-refractivity contribution in [3.05, 3.63) is 23.8 Å². The number of hydrogen-bond donors (Lipinski definition) is 0. The van der Waals surface area contributed by atoms with E-state index in [9.17, 15) is 0 Å². The van der Waals surface area contributed by atoms with Crippen molar-refractivity contribution >= 4 is 0 Å². The molecule has 1 fully saturated rings. The van der Waals surface area contributed by atoms with Gasteiger partial charge in [0.1, 0.15) is 11.5 Å². The summed E-state index contributed by atoms with van der Waals surface area (Å²) in [5.74, 6) is 1.94. The maximum atomic E-state index is 5.99. The molecule has 0 aromatic heterocycles. The lowest BCUT2D eigenvalue weighted by Crippen LogP contribution is -2.15. The molecule has 0 atom stereocenters. The van der Waals surface area contributed by atoms with Gasteiger partial charge in [0.05, 0.1) is 12.2 Å². The molecule has 0 bridgehead atoms. The second-order valence-corrected chi connectivity index (χ2v) is 6.39. The van der Waals surface area contributed by atoms with Crippen molar-refractivity contribution in [3.63, 3.8) is 0 Å². The minimum absolute atomic E-state index is 0.0700. The molecule has 1 aromatic carbocycles. The molecule has 2 rings (SSSR count). The van der Waals surface area contributed by atoms with Crippen molar-refractivity contribution in [1.29, 1.82) is 0 Å². The van der Waals surface area contributed by atoms with Gasteiger partial charge in [-0.1, -0.05) is 20.8 Å². The minimum atomic E-state index is 0.0700. The molecular weight excluding hydrogens is 224 g/mol. The van der Waals surface area contributed by atoms with E-state index < -0.39 is 0 Å². The predicted molar refractivity (Wildman–Crippen MR) is 74.6 cm³/mol. The highest BCUT2D eigenvalue weighted by Gasteiger charge is 2.27. The lowest BCUT2D eigenvalue weighted by molar-refractivity contribution is 0.240. The fourth-order valence-corrected chi connectivity index (χ4v) is 1.91. The normalized spacial score (nSPS) is 15.9. The Morgan fingerprint density at radius 1 is 1.17 bits per heavy atom. The summed E-state index contributed by atoms with van der Waals surface area (Å²) >= 11 is 0. The SMILES string of the molecule is CC(C)Oc1ccc(OC2CC2)c(C(C)(C)C)c1. The van der Waals surface area contributed by atoms with E-state index in [1.165, 1.54) is 18.4 Å². The highest BCUT2D eigenvalue weighted by Crippen LogP contribution is 2.37. The molecule has 0 N–H and O–H groups in total. The zero-order valence-electron chi connectivity index (χ0n) is 12.1. The topological polar surface area (TPSA) is 18.5 Å². The first-order chi connectivity index (χ1) is 8.36. The molecule has 0 amide bonds. The molecule has 0 heterocycles. The van der Waals surface area contributed by atoms with Gasteiger partial charge in [-0.25, -0.2) is 0 Å². The van der Waals surface area contributed by atoms with Crippen LogP contribution in [0.3, 0.4) is 0 Å². The van der Waals surface area contributed by atoms with Crippen LogP contribution in [0.25, 0.3) is 0 Å². The van der Waals surface area contributed by atoms with Crippen LogP contribution in [0.5, 0.6) is 11.5 Å². The van der Waals surface area contributed by atoms with Crippen LogP contribution >= 0.6 is 0 Å². The highest BCUT2D eigenvalue weighted by atomic mass is 16.5. The quantitative estimate of drug-likeness (QED) is 0.790. The van der Waals surface area contributed by atoms with Gasteiger partial charge in [0.15, 0.2) is 0 Å². The molecule has 18 heavy (non-hydrogen) atoms. The summed E-state index contributed by atoms with van der Waals surface area (Å²) in [6.45, 7) is 10.7. The fourth-order valence-electron chi connectivity index (χ4n) is 1.91. The Labute approximate surface area is 110 Å². The summed E-state index contributed by atoms with van der Waals surface area (Å²) in [6, 6.07) is 6.18. The van der Waals surface area contributed by atoms with E-state index in [-0.39, 0.29) is 11.5 Å². The first kappa shape index (κ1) is 13.3. The standard InChI is InChI=1S/C16H24O2/c1-11(2)17-13-8-9-15(18-12-6-7-12)14(10-13)16(3,4)5/h8-12H,6-7H2,1-5H3. The second kappa shape index (κ2) is 4.83. The molecule has 1 aliphatic carbocycles. The Hall–Kier alpha value is -1.18. The van der Waals surface area contributed by atoms with Gasteiger partial charge in [-0.3, -0.25) is 0 Å². The van der Waals surface area contributed by atoms with Crippen LogP contribution < -0.4 is 9.47 Å². The van der Waals surface area contributed by atoms with Gasteiger partial charge in [-0.05, 0) is 50.3 Å². The van der Waals surface area contributed by atoms with Crippen molar-refractivity contribution in [2.24, 2.45) is 0 Å². The Morgan fingerprint density at radius 3 is 2.33 bits per heavy atom. The van der Waals surface area contributed by atoms with Gasteiger partial charge >= 0.3 is 0 Å². The number of ether oxygens (including phenoxy) is 2. The van der Waals surface area contributed by atoms with Gasteiger partial charge in [0, 0.05) is 5.56 Å². The van der Waals surface area contributed by atoms with Crippen LogP contribution in [-0.4, -0.2) is 12.2 Å². The first-order valence-electron chi connectivity index (χ1n) is 6.84. The maximum Gasteiger partial charge on any atom is 0.123 e. The van der Waals surface area contributed by atoms with E-state index >= 15 is 0 Å². The van der Waals surface area contributed by atoms with Crippen molar-refractivity contribution in [3.8, 4) is 11.5 Å². The molecule has 0 aliphatic heterocycles. The van der Waals surface area contributed by atoms with E-state index in [1.807, 2.05) is 19.9 Å². The number of hydrogen-bond acceptors (Lipinski definition) is 2. The van der Waals surface area contributed by atoms with E-state index in [2.05, 4.69) is 32.9 Å². The summed E-state index contributed by atoms with van der Waals surface area (Å²) < 4.78 is 11.8. The molecule has 0 saturated heterocycles. The molecule has 0 unspecified atom stereocenters. The summed E-state index contributed by atoms with van der Waals surface area (Å²) in [5.41, 5.74) is 1.30. The van der Waals surface area contributed by atoms with Crippen LogP contribution in [0.4, 0.5) is 0 Å². The average molecular weight is 248 g/mol. The number of rotatable bonds is 4. The monoisotopic (exact) mass is 248 g/mol. The van der Waals surface area contributed by atoms with Crippen LogP contribution in [0, 0.1) is 0 Å². The van der Waals surface area contributed by atoms with Crippen LogP contribution in [0.15, 0.2) is 18.2 Å². The smallest absolute Gasteiger partial charge is 0.123 e.